The van der Waals surface area contributed by atoms with Crippen LogP contribution in [-0.4, -0.2) is 25.4 Å². The van der Waals surface area contributed by atoms with Gasteiger partial charge in [-0.3, -0.25) is 9.78 Å². The molecular weight excluding hydrogens is 465 g/mol. The van der Waals surface area contributed by atoms with Crippen molar-refractivity contribution in [2.24, 2.45) is 5.92 Å². The number of rotatable bonds is 7. The summed E-state index contributed by atoms with van der Waals surface area (Å²) in [5.41, 5.74) is 3.79. The second kappa shape index (κ2) is 10.7. The molecule has 35 heavy (non-hydrogen) atoms. The first-order valence-corrected chi connectivity index (χ1v) is 13.3. The molecule has 0 spiro atoms. The van der Waals surface area contributed by atoms with Crippen LogP contribution in [0.5, 0.6) is 0 Å². The third kappa shape index (κ3) is 6.13. The molecule has 1 fully saturated rings. The molecule has 1 heterocycles. The summed E-state index contributed by atoms with van der Waals surface area (Å²) in [6, 6.07) is 14.4. The molecule has 0 saturated heterocycles. The van der Waals surface area contributed by atoms with Crippen molar-refractivity contribution in [3.05, 3.63) is 83.9 Å². The highest BCUT2D eigenvalue weighted by Gasteiger charge is 2.29. The minimum atomic E-state index is -3.66. The summed E-state index contributed by atoms with van der Waals surface area (Å²) in [6.45, 7) is 3.86. The molecule has 0 radical (unpaired) electrons. The van der Waals surface area contributed by atoms with Gasteiger partial charge in [0.05, 0.1) is 10.9 Å². The highest BCUT2D eigenvalue weighted by molar-refractivity contribution is 7.89. The zero-order valence-corrected chi connectivity index (χ0v) is 20.7. The number of hydrogen-bond acceptors (Lipinski definition) is 4. The van der Waals surface area contributed by atoms with Gasteiger partial charge in [-0.25, -0.2) is 17.5 Å². The first-order chi connectivity index (χ1) is 16.7. The van der Waals surface area contributed by atoms with Gasteiger partial charge in [0.2, 0.25) is 15.9 Å². The Morgan fingerprint density at radius 1 is 1.00 bits per heavy atom. The third-order valence-electron chi connectivity index (χ3n) is 6.66. The van der Waals surface area contributed by atoms with Crippen LogP contribution in [0.2, 0.25) is 0 Å². The molecular formula is C27H30FN3O3S. The van der Waals surface area contributed by atoms with Crippen LogP contribution in [0.15, 0.2) is 71.9 Å². The molecule has 8 heteroatoms. The van der Waals surface area contributed by atoms with Gasteiger partial charge in [0.25, 0.3) is 0 Å². The number of benzene rings is 2. The van der Waals surface area contributed by atoms with Crippen molar-refractivity contribution in [3.63, 3.8) is 0 Å². The summed E-state index contributed by atoms with van der Waals surface area (Å²) in [5, 5.41) is 2.99. The summed E-state index contributed by atoms with van der Waals surface area (Å²) in [7, 11) is -3.66. The SMILES string of the molecule is Cc1ccncc1-c1ccc(S(=O)(=O)N[C@H]2CC[C@H](C(=O)N[C@H](C)c3ccc(F)cc3)CC2)cc1. The van der Waals surface area contributed by atoms with Crippen LogP contribution < -0.4 is 10.0 Å². The van der Waals surface area contributed by atoms with Crippen LogP contribution in [0.25, 0.3) is 11.1 Å². The molecule has 1 aliphatic carbocycles. The van der Waals surface area contributed by atoms with Crippen molar-refractivity contribution in [2.45, 2.75) is 56.5 Å². The van der Waals surface area contributed by atoms with Crippen molar-refractivity contribution in [3.8, 4) is 11.1 Å². The predicted octanol–water partition coefficient (Wildman–Crippen LogP) is 4.91. The van der Waals surface area contributed by atoms with Gasteiger partial charge >= 0.3 is 0 Å². The summed E-state index contributed by atoms with van der Waals surface area (Å²) in [4.78, 5) is 17.1. The Morgan fingerprint density at radius 3 is 2.29 bits per heavy atom. The Kier molecular flexibility index (Phi) is 7.62. The maximum Gasteiger partial charge on any atom is 0.240 e. The fraction of sp³-hybridized carbons (Fsp3) is 0.333. The minimum Gasteiger partial charge on any atom is -0.349 e. The fourth-order valence-corrected chi connectivity index (χ4v) is 5.81. The molecule has 2 N–H and O–H groups in total. The first-order valence-electron chi connectivity index (χ1n) is 11.8. The number of amides is 1. The van der Waals surface area contributed by atoms with Crippen molar-refractivity contribution in [1.82, 2.24) is 15.0 Å². The van der Waals surface area contributed by atoms with E-state index in [1.54, 1.807) is 48.8 Å². The van der Waals surface area contributed by atoms with Crippen molar-refractivity contribution < 1.29 is 17.6 Å². The Morgan fingerprint density at radius 2 is 1.66 bits per heavy atom. The summed E-state index contributed by atoms with van der Waals surface area (Å²) in [6.07, 6.45) is 5.89. The molecule has 2 aromatic carbocycles. The molecule has 1 atom stereocenters. The minimum absolute atomic E-state index is 0.0515. The number of aromatic nitrogens is 1. The van der Waals surface area contributed by atoms with E-state index in [9.17, 15) is 17.6 Å². The monoisotopic (exact) mass is 495 g/mol. The van der Waals surface area contributed by atoms with E-state index < -0.39 is 10.0 Å². The normalized spacial score (nSPS) is 19.2. The second-order valence-corrected chi connectivity index (χ2v) is 10.9. The largest absolute Gasteiger partial charge is 0.349 e. The molecule has 3 aromatic rings. The number of carbonyl (C=O) groups is 1. The Bertz CT molecular complexity index is 1270. The summed E-state index contributed by atoms with van der Waals surface area (Å²) in [5.74, 6) is -0.530. The maximum absolute atomic E-state index is 13.1. The molecule has 0 aliphatic heterocycles. The summed E-state index contributed by atoms with van der Waals surface area (Å²) < 4.78 is 41.8. The fourth-order valence-electron chi connectivity index (χ4n) is 4.51. The highest BCUT2D eigenvalue weighted by Crippen LogP contribution is 2.28. The zero-order valence-electron chi connectivity index (χ0n) is 19.9. The number of aryl methyl sites for hydroxylation is 1. The van der Waals surface area contributed by atoms with E-state index in [2.05, 4.69) is 15.0 Å². The van der Waals surface area contributed by atoms with Gasteiger partial charge in [-0.05, 0) is 86.6 Å². The van der Waals surface area contributed by atoms with Gasteiger partial charge in [-0.2, -0.15) is 0 Å². The summed E-state index contributed by atoms with van der Waals surface area (Å²) >= 11 is 0. The molecule has 1 amide bonds. The third-order valence-corrected chi connectivity index (χ3v) is 8.20. The van der Waals surface area contributed by atoms with Crippen LogP contribution in [-0.2, 0) is 14.8 Å². The molecule has 1 saturated carbocycles. The van der Waals surface area contributed by atoms with Gasteiger partial charge < -0.3 is 5.32 Å². The number of pyridine rings is 1. The number of hydrogen-bond donors (Lipinski definition) is 2. The quantitative estimate of drug-likeness (QED) is 0.488. The van der Waals surface area contributed by atoms with Gasteiger partial charge in [0, 0.05) is 29.9 Å². The molecule has 0 unspecified atom stereocenters. The topological polar surface area (TPSA) is 88.2 Å². The lowest BCUT2D eigenvalue weighted by atomic mass is 9.85. The highest BCUT2D eigenvalue weighted by atomic mass is 32.2. The van der Waals surface area contributed by atoms with Crippen LogP contribution in [0.3, 0.4) is 0 Å². The van der Waals surface area contributed by atoms with Gasteiger partial charge in [-0.1, -0.05) is 24.3 Å². The molecule has 1 aromatic heterocycles. The van der Waals surface area contributed by atoms with E-state index in [0.29, 0.717) is 25.7 Å². The number of nitrogens with zero attached hydrogens (tertiary/aromatic N) is 1. The number of halogens is 1. The van der Waals surface area contributed by atoms with Crippen LogP contribution >= 0.6 is 0 Å². The van der Waals surface area contributed by atoms with Crippen molar-refractivity contribution in [2.75, 3.05) is 0 Å². The smallest absolute Gasteiger partial charge is 0.240 e. The first kappa shape index (κ1) is 25.0. The molecule has 4 rings (SSSR count). The van der Waals surface area contributed by atoms with E-state index in [1.807, 2.05) is 19.9 Å². The van der Waals surface area contributed by atoms with E-state index >= 15 is 0 Å². The van der Waals surface area contributed by atoms with Gasteiger partial charge in [-0.15, -0.1) is 0 Å². The van der Waals surface area contributed by atoms with Crippen molar-refractivity contribution in [1.29, 1.82) is 0 Å². The van der Waals surface area contributed by atoms with Crippen LogP contribution in [0.4, 0.5) is 4.39 Å². The van der Waals surface area contributed by atoms with E-state index in [0.717, 1.165) is 22.3 Å². The Hall–Kier alpha value is -3.10. The predicted molar refractivity (Wildman–Crippen MR) is 133 cm³/mol. The standard InChI is InChI=1S/C27H30FN3O3S/c1-18-15-16-29-17-26(18)21-7-13-25(14-8-21)35(33,34)31-24-11-5-22(6-12-24)27(32)30-19(2)20-3-9-23(28)10-4-20/h3-4,7-10,13-17,19,22,24,31H,5-6,11-12H2,1-2H3,(H,30,32)/t19-,22-,24-/m1/s1. The number of sulfonamides is 1. The second-order valence-electron chi connectivity index (χ2n) is 9.17. The Labute approximate surface area is 206 Å². The average Bonchev–Trinajstić information content (AvgIpc) is 2.85. The van der Waals surface area contributed by atoms with Crippen LogP contribution in [0.1, 0.15) is 49.8 Å². The lowest BCUT2D eigenvalue weighted by molar-refractivity contribution is -0.126. The average molecular weight is 496 g/mol. The number of carbonyl (C=O) groups excluding carboxylic acids is 1. The number of nitrogens with one attached hydrogen (secondary N) is 2. The Balaban J connectivity index is 1.31. The maximum atomic E-state index is 13.1. The van der Waals surface area contributed by atoms with E-state index in [1.165, 1.54) is 12.1 Å². The van der Waals surface area contributed by atoms with Crippen LogP contribution in [0, 0.1) is 18.7 Å². The van der Waals surface area contributed by atoms with Gasteiger partial charge in [0.15, 0.2) is 0 Å². The zero-order chi connectivity index (χ0) is 25.0. The van der Waals surface area contributed by atoms with E-state index in [4.69, 9.17) is 0 Å². The lowest BCUT2D eigenvalue weighted by Gasteiger charge is -2.29. The molecule has 6 nitrogen and oxygen atoms in total. The lowest BCUT2D eigenvalue weighted by Crippen LogP contribution is -2.41. The molecule has 1 aliphatic rings. The molecule has 184 valence electrons. The van der Waals surface area contributed by atoms with Gasteiger partial charge in [0.1, 0.15) is 5.82 Å². The molecule has 0 bridgehead atoms. The van der Waals surface area contributed by atoms with E-state index in [-0.39, 0.29) is 34.6 Å². The van der Waals surface area contributed by atoms with Crippen molar-refractivity contribution >= 4 is 15.9 Å².